The summed E-state index contributed by atoms with van der Waals surface area (Å²) in [5.74, 6) is 1.82. The second-order valence-electron chi connectivity index (χ2n) is 6.42. The molecule has 152 valence electrons. The summed E-state index contributed by atoms with van der Waals surface area (Å²) < 4.78 is 12.8. The lowest BCUT2D eigenvalue weighted by Gasteiger charge is -2.14. The minimum absolute atomic E-state index is 0.177. The van der Waals surface area contributed by atoms with E-state index in [9.17, 15) is 5.11 Å². The van der Waals surface area contributed by atoms with E-state index in [0.717, 1.165) is 22.6 Å². The minimum atomic E-state index is -0.679. The van der Waals surface area contributed by atoms with Crippen LogP contribution in [0.15, 0.2) is 60.3 Å². The Morgan fingerprint density at radius 3 is 2.86 bits per heavy atom. The van der Waals surface area contributed by atoms with E-state index in [0.29, 0.717) is 23.1 Å². The molecule has 0 aliphatic rings. The highest BCUT2D eigenvalue weighted by Crippen LogP contribution is 2.27. The van der Waals surface area contributed by atoms with Gasteiger partial charge >= 0.3 is 0 Å². The Balaban J connectivity index is 1.62. The topological polar surface area (TPSA) is 82.3 Å². The van der Waals surface area contributed by atoms with Crippen molar-refractivity contribution in [2.45, 2.75) is 24.6 Å². The molecule has 1 N–H and O–H groups in total. The summed E-state index contributed by atoms with van der Waals surface area (Å²) in [5, 5.41) is 22.9. The van der Waals surface area contributed by atoms with Crippen LogP contribution < -0.4 is 9.47 Å². The number of nitrogens with zero attached hydrogens (tertiary/aromatic N) is 4. The second-order valence-corrected chi connectivity index (χ2v) is 7.41. The van der Waals surface area contributed by atoms with Crippen LogP contribution in [0.1, 0.15) is 11.1 Å². The van der Waals surface area contributed by atoms with E-state index >= 15 is 0 Å². The van der Waals surface area contributed by atoms with E-state index in [2.05, 4.69) is 22.1 Å². The van der Waals surface area contributed by atoms with Crippen LogP contribution in [0.5, 0.6) is 11.5 Å². The molecule has 0 aliphatic carbocycles. The quantitative estimate of drug-likeness (QED) is 0.404. The third-order valence-corrected chi connectivity index (χ3v) is 5.24. The molecule has 1 aromatic heterocycles. The number of tetrazole rings is 1. The number of rotatable bonds is 10. The van der Waals surface area contributed by atoms with Crippen molar-refractivity contribution >= 4 is 11.8 Å². The van der Waals surface area contributed by atoms with Crippen LogP contribution in [-0.4, -0.2) is 50.9 Å². The van der Waals surface area contributed by atoms with Gasteiger partial charge in [-0.1, -0.05) is 42.1 Å². The minimum Gasteiger partial charge on any atom is -0.494 e. The number of hydrogen-bond acceptors (Lipinski definition) is 7. The zero-order valence-corrected chi connectivity index (χ0v) is 17.3. The normalized spacial score (nSPS) is 11.8. The predicted molar refractivity (Wildman–Crippen MR) is 113 cm³/mol. The van der Waals surface area contributed by atoms with Gasteiger partial charge in [0.25, 0.3) is 0 Å². The number of ether oxygens (including phenoxy) is 2. The van der Waals surface area contributed by atoms with Crippen LogP contribution in [-0.2, 0) is 6.42 Å². The number of aromatic nitrogens is 4. The van der Waals surface area contributed by atoms with Crippen LogP contribution >= 0.6 is 11.8 Å². The van der Waals surface area contributed by atoms with E-state index in [1.807, 2.05) is 55.5 Å². The molecule has 0 saturated carbocycles. The van der Waals surface area contributed by atoms with Gasteiger partial charge < -0.3 is 14.6 Å². The molecule has 0 amide bonds. The Hall–Kier alpha value is -2.84. The Bertz CT molecular complexity index is 961. The smallest absolute Gasteiger partial charge is 0.214 e. The Kier molecular flexibility index (Phi) is 7.26. The molecular formula is C21H24N4O3S. The average molecular weight is 413 g/mol. The lowest BCUT2D eigenvalue weighted by atomic mass is 10.1. The van der Waals surface area contributed by atoms with Gasteiger partial charge in [0.15, 0.2) is 0 Å². The molecule has 0 fully saturated rings. The van der Waals surface area contributed by atoms with E-state index in [1.54, 1.807) is 11.8 Å². The number of aryl methyl sites for hydroxylation is 1. The summed E-state index contributed by atoms with van der Waals surface area (Å²) >= 11 is 1.36. The van der Waals surface area contributed by atoms with Gasteiger partial charge in [0.1, 0.15) is 23.8 Å². The Morgan fingerprint density at radius 1 is 1.24 bits per heavy atom. The summed E-state index contributed by atoms with van der Waals surface area (Å²) in [7, 11) is 1.61. The van der Waals surface area contributed by atoms with Crippen LogP contribution in [0.25, 0.3) is 5.69 Å². The van der Waals surface area contributed by atoms with Crippen LogP contribution in [0, 0.1) is 6.92 Å². The first kappa shape index (κ1) is 20.9. The van der Waals surface area contributed by atoms with Crippen LogP contribution in [0.4, 0.5) is 0 Å². The van der Waals surface area contributed by atoms with E-state index in [1.165, 1.54) is 11.8 Å². The molecule has 0 spiro atoms. The predicted octanol–water partition coefficient (Wildman–Crippen LogP) is 3.24. The molecule has 0 bridgehead atoms. The Morgan fingerprint density at radius 2 is 2.07 bits per heavy atom. The standard InChI is InChI=1S/C21H24N4O3S/c1-4-7-16-8-5-6-9-19(16)28-13-17(26)14-29-21-22-23-24-25(21)18-12-15(2)10-11-20(18)27-3/h4-6,8-12,17,26H,1,7,13-14H2,2-3H3. The zero-order chi connectivity index (χ0) is 20.6. The molecule has 29 heavy (non-hydrogen) atoms. The van der Waals surface area contributed by atoms with Gasteiger partial charge in [-0.05, 0) is 53.1 Å². The molecule has 1 atom stereocenters. The number of hydrogen-bond donors (Lipinski definition) is 1. The third kappa shape index (κ3) is 5.36. The SMILES string of the molecule is C=CCc1ccccc1OCC(O)CSc1nnnn1-c1cc(C)ccc1OC. The summed E-state index contributed by atoms with van der Waals surface area (Å²) in [4.78, 5) is 0. The fraction of sp³-hybridized carbons (Fsp3) is 0.286. The highest BCUT2D eigenvalue weighted by atomic mass is 32.2. The lowest BCUT2D eigenvalue weighted by Crippen LogP contribution is -2.20. The number of allylic oxidation sites excluding steroid dienone is 1. The van der Waals surface area contributed by atoms with Gasteiger partial charge in [-0.25, -0.2) is 0 Å². The third-order valence-electron chi connectivity index (χ3n) is 4.18. The maximum Gasteiger partial charge on any atom is 0.214 e. The monoisotopic (exact) mass is 412 g/mol. The molecular weight excluding hydrogens is 388 g/mol. The van der Waals surface area contributed by atoms with Crippen molar-refractivity contribution in [3.63, 3.8) is 0 Å². The molecule has 7 nitrogen and oxygen atoms in total. The molecule has 8 heteroatoms. The zero-order valence-electron chi connectivity index (χ0n) is 16.5. The van der Waals surface area contributed by atoms with Crippen molar-refractivity contribution in [1.29, 1.82) is 0 Å². The molecule has 1 unspecified atom stereocenters. The van der Waals surface area contributed by atoms with Gasteiger partial charge in [-0.3, -0.25) is 0 Å². The first-order chi connectivity index (χ1) is 14.1. The summed E-state index contributed by atoms with van der Waals surface area (Å²) in [5.41, 5.74) is 2.86. The average Bonchev–Trinajstić information content (AvgIpc) is 3.20. The van der Waals surface area contributed by atoms with Gasteiger partial charge in [0.2, 0.25) is 5.16 Å². The molecule has 3 rings (SSSR count). The second kappa shape index (κ2) is 10.1. The lowest BCUT2D eigenvalue weighted by molar-refractivity contribution is 0.126. The van der Waals surface area contributed by atoms with Crippen LogP contribution in [0.2, 0.25) is 0 Å². The number of para-hydroxylation sites is 1. The summed E-state index contributed by atoms with van der Waals surface area (Å²) in [6, 6.07) is 13.5. The van der Waals surface area contributed by atoms with Gasteiger partial charge in [-0.2, -0.15) is 4.68 Å². The molecule has 0 aliphatic heterocycles. The van der Waals surface area contributed by atoms with Crippen molar-refractivity contribution < 1.29 is 14.6 Å². The number of methoxy groups -OCH3 is 1. The first-order valence-electron chi connectivity index (χ1n) is 9.18. The maximum atomic E-state index is 10.4. The molecule has 3 aromatic rings. The van der Waals surface area contributed by atoms with Crippen molar-refractivity contribution in [3.8, 4) is 17.2 Å². The Labute approximate surface area is 174 Å². The van der Waals surface area contributed by atoms with Gasteiger partial charge in [0, 0.05) is 5.75 Å². The molecule has 2 aromatic carbocycles. The molecule has 1 heterocycles. The fourth-order valence-electron chi connectivity index (χ4n) is 2.76. The largest absolute Gasteiger partial charge is 0.494 e. The van der Waals surface area contributed by atoms with E-state index in [4.69, 9.17) is 9.47 Å². The number of aliphatic hydroxyl groups is 1. The van der Waals surface area contributed by atoms with E-state index in [-0.39, 0.29) is 6.61 Å². The number of benzene rings is 2. The van der Waals surface area contributed by atoms with Crippen LogP contribution in [0.3, 0.4) is 0 Å². The number of thioether (sulfide) groups is 1. The summed E-state index contributed by atoms with van der Waals surface area (Å²) in [6.45, 7) is 5.93. The van der Waals surface area contributed by atoms with Crippen molar-refractivity contribution in [3.05, 3.63) is 66.2 Å². The highest BCUT2D eigenvalue weighted by Gasteiger charge is 2.16. The highest BCUT2D eigenvalue weighted by molar-refractivity contribution is 7.99. The van der Waals surface area contributed by atoms with Gasteiger partial charge in [-0.15, -0.1) is 11.7 Å². The summed E-state index contributed by atoms with van der Waals surface area (Å²) in [6.07, 6.45) is 1.86. The first-order valence-corrected chi connectivity index (χ1v) is 10.2. The maximum absolute atomic E-state index is 10.4. The van der Waals surface area contributed by atoms with Crippen molar-refractivity contribution in [2.75, 3.05) is 19.5 Å². The number of aliphatic hydroxyl groups excluding tert-OH is 1. The van der Waals surface area contributed by atoms with Gasteiger partial charge in [0.05, 0.1) is 13.2 Å². The molecule has 0 radical (unpaired) electrons. The molecule has 0 saturated heterocycles. The van der Waals surface area contributed by atoms with E-state index < -0.39 is 6.10 Å². The van der Waals surface area contributed by atoms with Crippen molar-refractivity contribution in [2.24, 2.45) is 0 Å². The van der Waals surface area contributed by atoms with Crippen molar-refractivity contribution in [1.82, 2.24) is 20.2 Å². The fourth-order valence-corrected chi connectivity index (χ4v) is 3.55.